The number of ether oxygens (including phenoxy) is 2. The summed E-state index contributed by atoms with van der Waals surface area (Å²) in [6.07, 6.45) is 1.13. The van der Waals surface area contributed by atoms with E-state index in [1.54, 1.807) is 44.4 Å². The lowest BCUT2D eigenvalue weighted by Crippen LogP contribution is -2.12. The molecule has 0 saturated carbocycles. The van der Waals surface area contributed by atoms with Gasteiger partial charge in [-0.25, -0.2) is 4.79 Å². The van der Waals surface area contributed by atoms with E-state index in [0.29, 0.717) is 5.75 Å². The molecule has 8 nitrogen and oxygen atoms in total. The van der Waals surface area contributed by atoms with Gasteiger partial charge >= 0.3 is 5.97 Å². The topological polar surface area (TPSA) is 111 Å². The minimum atomic E-state index is -4.18. The molecule has 2 N–H and O–H groups in total. The summed E-state index contributed by atoms with van der Waals surface area (Å²) in [6, 6.07) is 11.0. The fourth-order valence-electron chi connectivity index (χ4n) is 1.98. The molecule has 0 radical (unpaired) electrons. The monoisotopic (exact) mass is 377 g/mol. The molecule has 2 rings (SSSR count). The zero-order valence-corrected chi connectivity index (χ0v) is 15.4. The van der Waals surface area contributed by atoms with Crippen LogP contribution in [0.15, 0.2) is 51.8 Å². The summed E-state index contributed by atoms with van der Waals surface area (Å²) in [4.78, 5) is 12.9. The van der Waals surface area contributed by atoms with Gasteiger partial charge in [-0.15, -0.1) is 4.40 Å². The molecular weight excluding hydrogens is 358 g/mol. The van der Waals surface area contributed by atoms with E-state index < -0.39 is 16.0 Å². The number of benzene rings is 2. The van der Waals surface area contributed by atoms with Gasteiger partial charge in [-0.05, 0) is 24.3 Å². The first kappa shape index (κ1) is 19.3. The first-order valence-electron chi connectivity index (χ1n) is 7.46. The molecule has 9 heteroatoms. The second-order valence-electron chi connectivity index (χ2n) is 5.46. The fourth-order valence-corrected chi connectivity index (χ4v) is 3.08. The Bertz CT molecular complexity index is 925. The van der Waals surface area contributed by atoms with E-state index in [1.807, 2.05) is 0 Å². The quantitative estimate of drug-likeness (QED) is 0.355. The number of esters is 1. The van der Waals surface area contributed by atoms with Crippen molar-refractivity contribution in [3.05, 3.63) is 48.0 Å². The van der Waals surface area contributed by atoms with E-state index in [9.17, 15) is 13.2 Å². The number of carbonyl (C=O) groups is 1. The summed E-state index contributed by atoms with van der Waals surface area (Å²) in [7, 11) is 0.257. The third-order valence-corrected chi connectivity index (χ3v) is 4.39. The predicted octanol–water partition coefficient (Wildman–Crippen LogP) is 2.13. The Morgan fingerprint density at radius 2 is 1.85 bits per heavy atom. The first-order chi connectivity index (χ1) is 12.2. The highest BCUT2D eigenvalue weighted by Gasteiger charge is 2.25. The molecule has 0 saturated heterocycles. The van der Waals surface area contributed by atoms with Crippen LogP contribution in [-0.2, 0) is 14.8 Å². The number of methoxy groups -OCH3 is 1. The Morgan fingerprint density at radius 1 is 1.19 bits per heavy atom. The summed E-state index contributed by atoms with van der Waals surface area (Å²) in [5.41, 5.74) is 5.90. The number of carbonyl (C=O) groups excluding carboxylic acids is 1. The van der Waals surface area contributed by atoms with Gasteiger partial charge in [0.25, 0.3) is 10.0 Å². The number of para-hydroxylation sites is 1. The molecule has 0 spiro atoms. The minimum Gasteiger partial charge on any atom is -0.465 e. The molecule has 0 aliphatic carbocycles. The Labute approximate surface area is 151 Å². The van der Waals surface area contributed by atoms with Crippen molar-refractivity contribution in [3.8, 4) is 11.5 Å². The maximum Gasteiger partial charge on any atom is 0.337 e. The first-order valence-corrected chi connectivity index (χ1v) is 8.90. The summed E-state index contributed by atoms with van der Waals surface area (Å²) in [5, 5.41) is 0. The molecule has 0 heterocycles. The zero-order valence-electron chi connectivity index (χ0n) is 14.5. The van der Waals surface area contributed by atoms with Gasteiger partial charge in [-0.1, -0.05) is 18.2 Å². The van der Waals surface area contributed by atoms with Crippen molar-refractivity contribution in [3.63, 3.8) is 0 Å². The summed E-state index contributed by atoms with van der Waals surface area (Å²) < 4.78 is 39.2. The molecule has 0 atom stereocenters. The average Bonchev–Trinajstić information content (AvgIpc) is 2.61. The van der Waals surface area contributed by atoms with Gasteiger partial charge in [0.1, 0.15) is 17.0 Å². The molecule has 2 aromatic rings. The van der Waals surface area contributed by atoms with Gasteiger partial charge in [0.15, 0.2) is 5.75 Å². The molecular formula is C17H19N3O5S. The van der Waals surface area contributed by atoms with Crippen LogP contribution in [-0.4, -0.2) is 46.8 Å². The number of nitrogens with zero attached hydrogens (tertiary/aromatic N) is 2. The van der Waals surface area contributed by atoms with Gasteiger partial charge < -0.3 is 20.1 Å². The van der Waals surface area contributed by atoms with Crippen molar-refractivity contribution < 1.29 is 22.7 Å². The van der Waals surface area contributed by atoms with Crippen LogP contribution in [0, 0.1) is 0 Å². The number of nitrogen functional groups attached to an aromatic ring is 1. The molecule has 0 amide bonds. The molecule has 0 bridgehead atoms. The third-order valence-electron chi connectivity index (χ3n) is 3.16. The number of nitrogens with two attached hydrogens (primary N) is 1. The van der Waals surface area contributed by atoms with E-state index >= 15 is 0 Å². The highest BCUT2D eigenvalue weighted by molar-refractivity contribution is 7.90. The maximum absolute atomic E-state index is 12.7. The average molecular weight is 377 g/mol. The normalized spacial score (nSPS) is 11.3. The summed E-state index contributed by atoms with van der Waals surface area (Å²) in [6.45, 7) is 0. The van der Waals surface area contributed by atoms with Gasteiger partial charge in [0, 0.05) is 14.1 Å². The second-order valence-corrected chi connectivity index (χ2v) is 7.06. The van der Waals surface area contributed by atoms with E-state index in [1.165, 1.54) is 18.1 Å². The lowest BCUT2D eigenvalue weighted by molar-refractivity contribution is 0.0600. The van der Waals surface area contributed by atoms with Crippen LogP contribution in [0.3, 0.4) is 0 Å². The van der Waals surface area contributed by atoms with Crippen molar-refractivity contribution in [2.45, 2.75) is 4.90 Å². The predicted molar refractivity (Wildman–Crippen MR) is 98.1 cm³/mol. The van der Waals surface area contributed by atoms with E-state index in [2.05, 4.69) is 9.13 Å². The highest BCUT2D eigenvalue weighted by Crippen LogP contribution is 2.36. The van der Waals surface area contributed by atoms with Crippen molar-refractivity contribution in [1.29, 1.82) is 0 Å². The minimum absolute atomic E-state index is 0.0240. The van der Waals surface area contributed by atoms with Crippen molar-refractivity contribution in [2.75, 3.05) is 26.9 Å². The molecule has 0 aliphatic heterocycles. The smallest absolute Gasteiger partial charge is 0.337 e. The second kappa shape index (κ2) is 7.87. The highest BCUT2D eigenvalue weighted by atomic mass is 32.2. The van der Waals surface area contributed by atoms with E-state index in [0.717, 1.165) is 12.4 Å². The van der Waals surface area contributed by atoms with Crippen molar-refractivity contribution in [1.82, 2.24) is 4.90 Å². The summed E-state index contributed by atoms with van der Waals surface area (Å²) in [5.74, 6) is -0.450. The van der Waals surface area contributed by atoms with Crippen LogP contribution in [0.1, 0.15) is 10.4 Å². The number of hydrogen-bond donors (Lipinski definition) is 1. The lowest BCUT2D eigenvalue weighted by atomic mass is 10.2. The van der Waals surface area contributed by atoms with Gasteiger partial charge in [0.05, 0.1) is 18.4 Å². The SMILES string of the molecule is COC(=O)c1cc(N)c(Oc2ccccc2)c(S(=O)(=O)/N=C/N(C)C)c1. The molecule has 0 aliphatic rings. The van der Waals surface area contributed by atoms with Crippen LogP contribution in [0.5, 0.6) is 11.5 Å². The van der Waals surface area contributed by atoms with Crippen LogP contribution in [0.4, 0.5) is 5.69 Å². The zero-order chi connectivity index (χ0) is 19.3. The molecule has 0 fully saturated rings. The van der Waals surface area contributed by atoms with Crippen LogP contribution >= 0.6 is 0 Å². The molecule has 26 heavy (non-hydrogen) atoms. The molecule has 0 unspecified atom stereocenters. The molecule has 2 aromatic carbocycles. The Hall–Kier alpha value is -3.07. The standard InChI is InChI=1S/C17H19N3O5S/c1-20(2)11-19-26(22,23)15-10-12(17(21)24-3)9-14(18)16(15)25-13-7-5-4-6-8-13/h4-11H,18H2,1-3H3/b19-11+. The maximum atomic E-state index is 12.7. The van der Waals surface area contributed by atoms with Gasteiger partial charge in [-0.3, -0.25) is 0 Å². The Kier molecular flexibility index (Phi) is 5.83. The molecule has 0 aromatic heterocycles. The van der Waals surface area contributed by atoms with Crippen LogP contribution < -0.4 is 10.5 Å². The number of anilines is 1. The van der Waals surface area contributed by atoms with Crippen molar-refractivity contribution >= 4 is 28.0 Å². The van der Waals surface area contributed by atoms with Crippen LogP contribution in [0.2, 0.25) is 0 Å². The van der Waals surface area contributed by atoms with Gasteiger partial charge in [-0.2, -0.15) is 8.42 Å². The number of rotatable bonds is 6. The van der Waals surface area contributed by atoms with Crippen molar-refractivity contribution in [2.24, 2.45) is 4.40 Å². The summed E-state index contributed by atoms with van der Waals surface area (Å²) >= 11 is 0. The molecule has 138 valence electrons. The fraction of sp³-hybridized carbons (Fsp3) is 0.176. The Morgan fingerprint density at radius 3 is 2.42 bits per heavy atom. The number of sulfonamides is 1. The Balaban J connectivity index is 2.64. The van der Waals surface area contributed by atoms with E-state index in [-0.39, 0.29) is 21.9 Å². The number of hydrogen-bond acceptors (Lipinski definition) is 6. The van der Waals surface area contributed by atoms with E-state index in [4.69, 9.17) is 10.5 Å². The largest absolute Gasteiger partial charge is 0.465 e. The van der Waals surface area contributed by atoms with Crippen LogP contribution in [0.25, 0.3) is 0 Å². The van der Waals surface area contributed by atoms with Gasteiger partial charge in [0.2, 0.25) is 0 Å². The lowest BCUT2D eigenvalue weighted by Gasteiger charge is -2.14. The third kappa shape index (κ3) is 4.51.